The Labute approximate surface area is 122 Å². The molecule has 0 spiro atoms. The first-order valence-electron chi connectivity index (χ1n) is 6.69. The fourth-order valence-electron chi connectivity index (χ4n) is 2.44. The molecule has 1 fully saturated rings. The minimum atomic E-state index is -0.480. The van der Waals surface area contributed by atoms with E-state index in [9.17, 15) is 10.1 Å². The van der Waals surface area contributed by atoms with Crippen molar-refractivity contribution in [2.75, 3.05) is 7.11 Å². The van der Waals surface area contributed by atoms with Crippen LogP contribution in [0.1, 0.15) is 46.5 Å². The first-order valence-corrected chi connectivity index (χ1v) is 6.69. The normalized spacial score (nSPS) is 16.9. The summed E-state index contributed by atoms with van der Waals surface area (Å²) in [5.74, 6) is -0.0420. The maximum absolute atomic E-state index is 11.6. The van der Waals surface area contributed by atoms with E-state index in [1.807, 2.05) is 0 Å². The Bertz CT molecular complexity index is 446. The highest BCUT2D eigenvalue weighted by Gasteiger charge is 2.18. The molecule has 0 unspecified atom stereocenters. The van der Waals surface area contributed by atoms with Crippen molar-refractivity contribution in [3.8, 4) is 6.07 Å². The van der Waals surface area contributed by atoms with Crippen LogP contribution in [0.25, 0.3) is 0 Å². The molecule has 0 atom stereocenters. The summed E-state index contributed by atoms with van der Waals surface area (Å²) in [5.41, 5.74) is 1.59. The molecule has 0 radical (unpaired) electrons. The van der Waals surface area contributed by atoms with E-state index in [-0.39, 0.29) is 7.43 Å². The second-order valence-electron chi connectivity index (χ2n) is 4.77. The molecule has 0 N–H and O–H groups in total. The summed E-state index contributed by atoms with van der Waals surface area (Å²) in [6.45, 7) is 5.78. The number of carbonyl (C=O) groups excluding carboxylic acids is 1. The molecule has 0 aromatic rings. The topological polar surface area (TPSA) is 50.1 Å². The van der Waals surface area contributed by atoms with Gasteiger partial charge in [-0.05, 0) is 31.8 Å². The summed E-state index contributed by atoms with van der Waals surface area (Å²) in [5, 5.41) is 9.21. The number of hydrogen-bond donors (Lipinski definition) is 0. The Hall–Kier alpha value is -1.82. The van der Waals surface area contributed by atoms with Gasteiger partial charge in [-0.15, -0.1) is 0 Å². The maximum atomic E-state index is 11.6. The van der Waals surface area contributed by atoms with Crippen LogP contribution in [0.15, 0.2) is 35.5 Å². The van der Waals surface area contributed by atoms with Crippen LogP contribution in [0.3, 0.4) is 0 Å². The molecule has 110 valence electrons. The Morgan fingerprint density at radius 1 is 1.35 bits per heavy atom. The Kier molecular flexibility index (Phi) is 8.31. The molecule has 1 rings (SSSR count). The van der Waals surface area contributed by atoms with E-state index in [4.69, 9.17) is 0 Å². The van der Waals surface area contributed by atoms with Gasteiger partial charge in [0.2, 0.25) is 0 Å². The van der Waals surface area contributed by atoms with Gasteiger partial charge in [0, 0.05) is 0 Å². The predicted molar refractivity (Wildman–Crippen MR) is 81.9 cm³/mol. The Morgan fingerprint density at radius 3 is 2.40 bits per heavy atom. The van der Waals surface area contributed by atoms with Gasteiger partial charge in [0.25, 0.3) is 0 Å². The van der Waals surface area contributed by atoms with Crippen LogP contribution in [0.2, 0.25) is 0 Å². The van der Waals surface area contributed by atoms with Gasteiger partial charge in [-0.3, -0.25) is 0 Å². The monoisotopic (exact) mass is 275 g/mol. The summed E-state index contributed by atoms with van der Waals surface area (Å²) in [4.78, 5) is 11.6. The number of esters is 1. The summed E-state index contributed by atoms with van der Waals surface area (Å²) in [6.07, 6.45) is 9.30. The number of carbonyl (C=O) groups is 1. The first-order chi connectivity index (χ1) is 9.13. The first kappa shape index (κ1) is 18.2. The maximum Gasteiger partial charge on any atom is 0.338 e. The van der Waals surface area contributed by atoms with E-state index in [0.717, 1.165) is 18.4 Å². The summed E-state index contributed by atoms with van der Waals surface area (Å²) >= 11 is 0. The van der Waals surface area contributed by atoms with Gasteiger partial charge in [-0.1, -0.05) is 44.9 Å². The quantitative estimate of drug-likeness (QED) is 0.332. The molecule has 1 aliphatic carbocycles. The van der Waals surface area contributed by atoms with Crippen LogP contribution in [-0.4, -0.2) is 13.1 Å². The molecule has 0 saturated heterocycles. The smallest absolute Gasteiger partial charge is 0.338 e. The van der Waals surface area contributed by atoms with Crippen LogP contribution in [0.4, 0.5) is 0 Å². The third-order valence-electron chi connectivity index (χ3n) is 3.56. The number of methoxy groups -OCH3 is 1. The zero-order valence-corrected chi connectivity index (χ0v) is 11.7. The standard InChI is InChI=1S/C16H21NO2.CH4/c1-4-15(16(18)19-3)14(11-17)10-12(2)13-8-6-5-7-9-13;/h4,10,13H,2,5-9H2,1,3H3;1H4/b14-10-,15-4+;. The molecule has 3 nitrogen and oxygen atoms in total. The molecule has 1 saturated carbocycles. The zero-order valence-electron chi connectivity index (χ0n) is 11.7. The molecule has 0 aliphatic heterocycles. The number of allylic oxidation sites excluding steroid dienone is 3. The van der Waals surface area contributed by atoms with Gasteiger partial charge in [0.15, 0.2) is 0 Å². The Balaban J connectivity index is 0.00000361. The minimum absolute atomic E-state index is 0. The van der Waals surface area contributed by atoms with Crippen LogP contribution in [0.5, 0.6) is 0 Å². The van der Waals surface area contributed by atoms with Crippen LogP contribution >= 0.6 is 0 Å². The summed E-state index contributed by atoms with van der Waals surface area (Å²) in [6, 6.07) is 2.07. The lowest BCUT2D eigenvalue weighted by Crippen LogP contribution is -2.10. The zero-order chi connectivity index (χ0) is 14.3. The molecule has 1 aliphatic rings. The van der Waals surface area contributed by atoms with Crippen molar-refractivity contribution < 1.29 is 9.53 Å². The number of rotatable bonds is 4. The van der Waals surface area contributed by atoms with Crippen LogP contribution in [-0.2, 0) is 9.53 Å². The molecule has 0 heterocycles. The number of nitriles is 1. The lowest BCUT2D eigenvalue weighted by molar-refractivity contribution is -0.135. The molecular weight excluding hydrogens is 250 g/mol. The van der Waals surface area contributed by atoms with Gasteiger partial charge in [0.1, 0.15) is 6.07 Å². The van der Waals surface area contributed by atoms with Crippen molar-refractivity contribution in [3.63, 3.8) is 0 Å². The van der Waals surface area contributed by atoms with E-state index in [1.165, 1.54) is 26.4 Å². The molecule has 3 heteroatoms. The highest BCUT2D eigenvalue weighted by molar-refractivity contribution is 5.94. The van der Waals surface area contributed by atoms with E-state index in [2.05, 4.69) is 17.4 Å². The van der Waals surface area contributed by atoms with Crippen molar-refractivity contribution in [2.24, 2.45) is 5.92 Å². The van der Waals surface area contributed by atoms with Gasteiger partial charge in [-0.25, -0.2) is 4.79 Å². The van der Waals surface area contributed by atoms with Gasteiger partial charge in [-0.2, -0.15) is 5.26 Å². The van der Waals surface area contributed by atoms with Gasteiger partial charge >= 0.3 is 5.97 Å². The van der Waals surface area contributed by atoms with E-state index < -0.39 is 5.97 Å². The Morgan fingerprint density at radius 2 is 1.95 bits per heavy atom. The van der Waals surface area contributed by atoms with Crippen LogP contribution < -0.4 is 0 Å². The van der Waals surface area contributed by atoms with Crippen molar-refractivity contribution in [2.45, 2.75) is 46.5 Å². The third-order valence-corrected chi connectivity index (χ3v) is 3.56. The second kappa shape index (κ2) is 9.14. The summed E-state index contributed by atoms with van der Waals surface area (Å²) < 4.78 is 4.68. The van der Waals surface area contributed by atoms with Crippen molar-refractivity contribution in [3.05, 3.63) is 35.5 Å². The van der Waals surface area contributed by atoms with Crippen molar-refractivity contribution in [1.29, 1.82) is 5.26 Å². The average Bonchev–Trinajstić information content (AvgIpc) is 2.47. The number of nitrogens with zero attached hydrogens (tertiary/aromatic N) is 1. The molecule has 0 amide bonds. The minimum Gasteiger partial charge on any atom is -0.465 e. The lowest BCUT2D eigenvalue weighted by atomic mass is 9.83. The SMILES string of the molecule is C.C=C(/C=C(C#N)\C(=C/C)C(=O)OC)C1CCCCC1. The van der Waals surface area contributed by atoms with Crippen LogP contribution in [0, 0.1) is 17.2 Å². The molecule has 0 aromatic carbocycles. The highest BCUT2D eigenvalue weighted by atomic mass is 16.5. The van der Waals surface area contributed by atoms with E-state index in [0.29, 0.717) is 17.1 Å². The molecular formula is C17H25NO2. The number of ether oxygens (including phenoxy) is 1. The fraction of sp³-hybridized carbons (Fsp3) is 0.529. The average molecular weight is 275 g/mol. The fourth-order valence-corrected chi connectivity index (χ4v) is 2.44. The lowest BCUT2D eigenvalue weighted by Gasteiger charge is -2.22. The van der Waals surface area contributed by atoms with E-state index in [1.54, 1.807) is 19.1 Å². The highest BCUT2D eigenvalue weighted by Crippen LogP contribution is 2.30. The predicted octanol–water partition coefficient (Wildman–Crippen LogP) is 4.33. The largest absolute Gasteiger partial charge is 0.465 e. The van der Waals surface area contributed by atoms with Crippen molar-refractivity contribution in [1.82, 2.24) is 0 Å². The van der Waals surface area contributed by atoms with E-state index >= 15 is 0 Å². The van der Waals surface area contributed by atoms with Gasteiger partial charge in [0.05, 0.1) is 18.3 Å². The molecule has 0 bridgehead atoms. The summed E-state index contributed by atoms with van der Waals surface area (Å²) in [7, 11) is 1.32. The third kappa shape index (κ3) is 4.70. The van der Waals surface area contributed by atoms with Gasteiger partial charge < -0.3 is 4.74 Å². The molecule has 20 heavy (non-hydrogen) atoms. The number of hydrogen-bond acceptors (Lipinski definition) is 3. The van der Waals surface area contributed by atoms with Crippen molar-refractivity contribution >= 4 is 5.97 Å². The molecule has 0 aromatic heterocycles. The second-order valence-corrected chi connectivity index (χ2v) is 4.77.